The summed E-state index contributed by atoms with van der Waals surface area (Å²) in [5.41, 5.74) is 1.48. The van der Waals surface area contributed by atoms with E-state index in [9.17, 15) is 14.4 Å². The molecule has 0 aliphatic carbocycles. The molecule has 5 rings (SSSR count). The zero-order chi connectivity index (χ0) is 22.3. The Balaban J connectivity index is 1.59. The largest absolute Gasteiger partial charge is 0.325 e. The number of carbonyl (C=O) groups is 2. The Morgan fingerprint density at radius 1 is 0.875 bits per heavy atom. The van der Waals surface area contributed by atoms with E-state index in [1.807, 2.05) is 73.7 Å². The van der Waals surface area contributed by atoms with Gasteiger partial charge in [-0.25, -0.2) is 9.78 Å². The Kier molecular flexibility index (Phi) is 4.59. The minimum Gasteiger partial charge on any atom is -0.315 e. The van der Waals surface area contributed by atoms with Crippen molar-refractivity contribution in [1.82, 2.24) is 19.6 Å². The van der Waals surface area contributed by atoms with Gasteiger partial charge in [-0.15, -0.1) is 0 Å². The molecule has 0 atom stereocenters. The van der Waals surface area contributed by atoms with Gasteiger partial charge in [-0.1, -0.05) is 60.7 Å². The van der Waals surface area contributed by atoms with Crippen molar-refractivity contribution < 1.29 is 9.59 Å². The summed E-state index contributed by atoms with van der Waals surface area (Å²) in [6.45, 7) is 1.80. The maximum absolute atomic E-state index is 13.8. The van der Waals surface area contributed by atoms with Gasteiger partial charge in [0.2, 0.25) is 0 Å². The molecule has 0 bridgehead atoms. The van der Waals surface area contributed by atoms with Crippen molar-refractivity contribution in [2.24, 2.45) is 0 Å². The predicted molar refractivity (Wildman–Crippen MR) is 119 cm³/mol. The van der Waals surface area contributed by atoms with Crippen LogP contribution in [0, 0.1) is 6.92 Å². The van der Waals surface area contributed by atoms with Crippen LogP contribution >= 0.6 is 0 Å². The van der Waals surface area contributed by atoms with Crippen LogP contribution in [0.15, 0.2) is 89.9 Å². The predicted octanol–water partition coefficient (Wildman–Crippen LogP) is 3.00. The highest BCUT2D eigenvalue weighted by Gasteiger charge is 2.53. The number of carbonyl (C=O) groups excluding carboxylic acids is 2. The molecule has 1 fully saturated rings. The van der Waals surface area contributed by atoms with Gasteiger partial charge in [-0.2, -0.15) is 0 Å². The summed E-state index contributed by atoms with van der Waals surface area (Å²) in [6.07, 6.45) is 1.66. The van der Waals surface area contributed by atoms with E-state index in [0.717, 1.165) is 10.5 Å². The number of imide groups is 1. The number of amides is 3. The number of benzene rings is 2. The fraction of sp³-hybridized carbons (Fsp3) is 0.120. The third kappa shape index (κ3) is 3.06. The standard InChI is InChI=1S/C25H20N4O3/c1-17-12-13-28-21(14-17)26-20(15-22(28)30)16-29-23(31)25(27-24(29)32,18-8-4-2-5-9-18)19-10-6-3-7-11-19/h2-15H,16H2,1H3,(H,27,32). The second-order valence-electron chi connectivity index (χ2n) is 7.82. The van der Waals surface area contributed by atoms with Crippen LogP contribution in [-0.4, -0.2) is 26.2 Å². The molecule has 2 aromatic heterocycles. The minimum absolute atomic E-state index is 0.105. The molecule has 1 saturated heterocycles. The van der Waals surface area contributed by atoms with Crippen LogP contribution in [0.5, 0.6) is 0 Å². The fourth-order valence-corrected chi connectivity index (χ4v) is 4.15. The number of rotatable bonds is 4. The number of fused-ring (bicyclic) bond motifs is 1. The molecule has 3 heterocycles. The van der Waals surface area contributed by atoms with E-state index < -0.39 is 17.5 Å². The van der Waals surface area contributed by atoms with Crippen LogP contribution in [0.4, 0.5) is 4.79 Å². The first kappa shape index (κ1) is 19.7. The molecule has 7 heteroatoms. The maximum Gasteiger partial charge on any atom is 0.325 e. The molecule has 0 radical (unpaired) electrons. The van der Waals surface area contributed by atoms with Crippen LogP contribution < -0.4 is 10.9 Å². The molecule has 2 aromatic carbocycles. The van der Waals surface area contributed by atoms with Crippen molar-refractivity contribution in [3.8, 4) is 0 Å². The second kappa shape index (κ2) is 7.46. The number of pyridine rings is 1. The zero-order valence-electron chi connectivity index (χ0n) is 17.4. The van der Waals surface area contributed by atoms with E-state index in [0.29, 0.717) is 22.5 Å². The molecule has 1 N–H and O–H groups in total. The molecule has 1 aliphatic rings. The third-order valence-electron chi connectivity index (χ3n) is 5.72. The van der Waals surface area contributed by atoms with Crippen molar-refractivity contribution in [3.63, 3.8) is 0 Å². The highest BCUT2D eigenvalue weighted by Crippen LogP contribution is 2.36. The van der Waals surface area contributed by atoms with Crippen molar-refractivity contribution in [2.75, 3.05) is 0 Å². The van der Waals surface area contributed by atoms with E-state index in [2.05, 4.69) is 10.3 Å². The molecule has 0 unspecified atom stereocenters. The van der Waals surface area contributed by atoms with Gasteiger partial charge >= 0.3 is 6.03 Å². The number of nitrogens with zero attached hydrogens (tertiary/aromatic N) is 3. The van der Waals surface area contributed by atoms with E-state index >= 15 is 0 Å². The van der Waals surface area contributed by atoms with Gasteiger partial charge in [0.25, 0.3) is 11.5 Å². The fourth-order valence-electron chi connectivity index (χ4n) is 4.15. The Labute approximate surface area is 184 Å². The lowest BCUT2D eigenvalue weighted by atomic mass is 9.82. The van der Waals surface area contributed by atoms with E-state index in [1.54, 1.807) is 12.3 Å². The SMILES string of the molecule is Cc1ccn2c(=O)cc(CN3C(=O)NC(c4ccccc4)(c4ccccc4)C3=O)nc2c1. The average Bonchev–Trinajstić information content (AvgIpc) is 3.05. The average molecular weight is 424 g/mol. The lowest BCUT2D eigenvalue weighted by Crippen LogP contribution is -2.45. The highest BCUT2D eigenvalue weighted by atomic mass is 16.2. The molecule has 158 valence electrons. The van der Waals surface area contributed by atoms with Crippen molar-refractivity contribution >= 4 is 17.6 Å². The summed E-state index contributed by atoms with van der Waals surface area (Å²) in [7, 11) is 0. The van der Waals surface area contributed by atoms with Gasteiger partial charge in [0.05, 0.1) is 12.2 Å². The first-order valence-corrected chi connectivity index (χ1v) is 10.2. The molecule has 1 aliphatic heterocycles. The smallest absolute Gasteiger partial charge is 0.315 e. The monoisotopic (exact) mass is 424 g/mol. The van der Waals surface area contributed by atoms with Crippen LogP contribution in [0.3, 0.4) is 0 Å². The number of aromatic nitrogens is 2. The van der Waals surface area contributed by atoms with Gasteiger partial charge in [0.15, 0.2) is 5.54 Å². The Morgan fingerprint density at radius 2 is 1.50 bits per heavy atom. The summed E-state index contributed by atoms with van der Waals surface area (Å²) in [5, 5.41) is 2.91. The normalized spacial score (nSPS) is 15.2. The first-order chi connectivity index (χ1) is 15.5. The quantitative estimate of drug-likeness (QED) is 0.511. The second-order valence-corrected chi connectivity index (χ2v) is 7.82. The van der Waals surface area contributed by atoms with E-state index in [-0.39, 0.29) is 12.1 Å². The molecule has 3 amide bonds. The van der Waals surface area contributed by atoms with Gasteiger partial charge in [-0.3, -0.25) is 18.9 Å². The highest BCUT2D eigenvalue weighted by molar-refractivity contribution is 6.09. The minimum atomic E-state index is -1.35. The molecule has 32 heavy (non-hydrogen) atoms. The summed E-state index contributed by atoms with van der Waals surface area (Å²) >= 11 is 0. The number of hydrogen-bond acceptors (Lipinski definition) is 4. The lowest BCUT2D eigenvalue weighted by Gasteiger charge is -2.28. The molecule has 4 aromatic rings. The topological polar surface area (TPSA) is 83.8 Å². The number of urea groups is 1. The molecule has 0 spiro atoms. The number of aryl methyl sites for hydroxylation is 1. The third-order valence-corrected chi connectivity index (χ3v) is 5.72. The molecular formula is C25H20N4O3. The van der Waals surface area contributed by atoms with Crippen LogP contribution in [0.1, 0.15) is 22.4 Å². The summed E-state index contributed by atoms with van der Waals surface area (Å²) in [5.74, 6) is -0.411. The maximum atomic E-state index is 13.8. The Bertz CT molecular complexity index is 1360. The van der Waals surface area contributed by atoms with Gasteiger partial charge in [0, 0.05) is 12.3 Å². The molecular weight excluding hydrogens is 404 g/mol. The summed E-state index contributed by atoms with van der Waals surface area (Å²) in [6, 6.07) is 22.7. The van der Waals surface area contributed by atoms with Crippen LogP contribution in [0.25, 0.3) is 5.65 Å². The van der Waals surface area contributed by atoms with Crippen LogP contribution in [-0.2, 0) is 16.9 Å². The Morgan fingerprint density at radius 3 is 2.12 bits per heavy atom. The summed E-state index contributed by atoms with van der Waals surface area (Å²) < 4.78 is 1.43. The van der Waals surface area contributed by atoms with E-state index in [4.69, 9.17) is 0 Å². The zero-order valence-corrected chi connectivity index (χ0v) is 17.4. The van der Waals surface area contributed by atoms with Crippen LogP contribution in [0.2, 0.25) is 0 Å². The van der Waals surface area contributed by atoms with Crippen molar-refractivity contribution in [2.45, 2.75) is 19.0 Å². The molecule has 0 saturated carbocycles. The van der Waals surface area contributed by atoms with Crippen molar-refractivity contribution in [3.05, 3.63) is 118 Å². The van der Waals surface area contributed by atoms with Gasteiger partial charge < -0.3 is 5.32 Å². The van der Waals surface area contributed by atoms with E-state index in [1.165, 1.54) is 10.5 Å². The van der Waals surface area contributed by atoms with Gasteiger partial charge in [-0.05, 0) is 35.7 Å². The lowest BCUT2D eigenvalue weighted by molar-refractivity contribution is -0.130. The van der Waals surface area contributed by atoms with Gasteiger partial charge in [0.1, 0.15) is 5.65 Å². The molecule has 7 nitrogen and oxygen atoms in total. The van der Waals surface area contributed by atoms with Crippen molar-refractivity contribution in [1.29, 1.82) is 0 Å². The number of nitrogens with one attached hydrogen (secondary N) is 1. The number of hydrogen-bond donors (Lipinski definition) is 1. The first-order valence-electron chi connectivity index (χ1n) is 10.2. The Hall–Kier alpha value is -4.26. The summed E-state index contributed by atoms with van der Waals surface area (Å²) in [4.78, 5) is 45.0.